The smallest absolute Gasteiger partial charge is 0.269 e. The number of non-ortho nitro benzene ring substituents is 1. The summed E-state index contributed by atoms with van der Waals surface area (Å²) in [5.74, 6) is -0.0664. The Morgan fingerprint density at radius 3 is 2.76 bits per heavy atom. The van der Waals surface area contributed by atoms with Crippen LogP contribution in [0.25, 0.3) is 0 Å². The molecule has 1 atom stereocenters. The Labute approximate surface area is 121 Å². The molecule has 6 heteroatoms. The van der Waals surface area contributed by atoms with Gasteiger partial charge in [-0.2, -0.15) is 0 Å². The Morgan fingerprint density at radius 1 is 1.19 bits per heavy atom. The van der Waals surface area contributed by atoms with Crippen molar-refractivity contribution in [3.05, 3.63) is 39.4 Å². The minimum atomic E-state index is -0.468. The topological polar surface area (TPSA) is 80.5 Å². The number of benzene rings is 1. The predicted molar refractivity (Wildman–Crippen MR) is 74.8 cm³/mol. The second kappa shape index (κ2) is 5.27. The molecule has 0 radical (unpaired) electrons. The molecule has 0 N–H and O–H groups in total. The monoisotopic (exact) mass is 288 g/mol. The molecule has 1 fully saturated rings. The molecule has 2 aliphatic rings. The minimum absolute atomic E-state index is 0.0180. The number of rotatable bonds is 2. The first kappa shape index (κ1) is 13.7. The second-order valence-electron chi connectivity index (χ2n) is 5.61. The van der Waals surface area contributed by atoms with Gasteiger partial charge in [0.15, 0.2) is 5.78 Å². The maximum Gasteiger partial charge on any atom is 0.269 e. The first-order valence-corrected chi connectivity index (χ1v) is 7.19. The molecule has 0 unspecified atom stereocenters. The van der Waals surface area contributed by atoms with Crippen LogP contribution in [0.4, 0.5) is 5.69 Å². The van der Waals surface area contributed by atoms with Gasteiger partial charge in [-0.3, -0.25) is 19.7 Å². The fraction of sp³-hybridized carbons (Fsp3) is 0.467. The van der Waals surface area contributed by atoms with Gasteiger partial charge in [0, 0.05) is 30.7 Å². The average molecular weight is 288 g/mol. The highest BCUT2D eigenvalue weighted by atomic mass is 16.6. The van der Waals surface area contributed by atoms with E-state index in [0.717, 1.165) is 19.3 Å². The molecule has 0 bridgehead atoms. The third-order valence-electron chi connectivity index (χ3n) is 4.28. The van der Waals surface area contributed by atoms with E-state index >= 15 is 0 Å². The van der Waals surface area contributed by atoms with E-state index in [4.69, 9.17) is 0 Å². The van der Waals surface area contributed by atoms with Gasteiger partial charge in [-0.25, -0.2) is 0 Å². The van der Waals surface area contributed by atoms with Crippen molar-refractivity contribution >= 4 is 17.4 Å². The zero-order chi connectivity index (χ0) is 15.0. The maximum atomic E-state index is 12.4. The number of carbonyl (C=O) groups excluding carboxylic acids is 2. The lowest BCUT2D eigenvalue weighted by Crippen LogP contribution is -2.40. The van der Waals surface area contributed by atoms with E-state index < -0.39 is 4.92 Å². The summed E-state index contributed by atoms with van der Waals surface area (Å²) in [6.07, 6.45) is 4.06. The van der Waals surface area contributed by atoms with Crippen molar-refractivity contribution in [3.63, 3.8) is 0 Å². The summed E-state index contributed by atoms with van der Waals surface area (Å²) >= 11 is 0. The predicted octanol–water partition coefficient (Wildman–Crippen LogP) is 2.45. The summed E-state index contributed by atoms with van der Waals surface area (Å²) in [4.78, 5) is 36.5. The maximum absolute atomic E-state index is 12.4. The summed E-state index contributed by atoms with van der Waals surface area (Å²) in [5.41, 5.74) is 1.11. The Balaban J connectivity index is 1.88. The lowest BCUT2D eigenvalue weighted by atomic mass is 10.1. The number of carbonyl (C=O) groups is 2. The molecule has 1 aromatic rings. The average Bonchev–Trinajstić information content (AvgIpc) is 2.64. The van der Waals surface area contributed by atoms with Crippen molar-refractivity contribution in [1.29, 1.82) is 0 Å². The van der Waals surface area contributed by atoms with E-state index in [9.17, 15) is 19.7 Å². The fourth-order valence-corrected chi connectivity index (χ4v) is 3.17. The van der Waals surface area contributed by atoms with Crippen molar-refractivity contribution in [2.45, 2.75) is 44.7 Å². The van der Waals surface area contributed by atoms with E-state index in [1.807, 2.05) is 0 Å². The first-order chi connectivity index (χ1) is 10.1. The van der Waals surface area contributed by atoms with E-state index in [1.54, 1.807) is 4.90 Å². The van der Waals surface area contributed by atoms with E-state index in [-0.39, 0.29) is 23.4 Å². The molecule has 3 rings (SSSR count). The lowest BCUT2D eigenvalue weighted by Gasteiger charge is -2.25. The summed E-state index contributed by atoms with van der Waals surface area (Å²) in [6.45, 7) is 0.298. The highest BCUT2D eigenvalue weighted by molar-refractivity contribution is 6.01. The van der Waals surface area contributed by atoms with Gasteiger partial charge in [0.05, 0.1) is 11.0 Å². The summed E-state index contributed by atoms with van der Waals surface area (Å²) in [6, 6.07) is 3.91. The second-order valence-corrected chi connectivity index (χ2v) is 5.61. The number of hydrogen-bond acceptors (Lipinski definition) is 4. The van der Waals surface area contributed by atoms with E-state index in [1.165, 1.54) is 18.2 Å². The van der Waals surface area contributed by atoms with Gasteiger partial charge in [-0.05, 0) is 24.5 Å². The molecule has 0 saturated heterocycles. The van der Waals surface area contributed by atoms with Gasteiger partial charge < -0.3 is 4.90 Å². The number of nitro benzene ring substituents is 1. The number of ketones is 1. The van der Waals surface area contributed by atoms with Gasteiger partial charge in [0.25, 0.3) is 11.6 Å². The summed E-state index contributed by atoms with van der Waals surface area (Å²) in [5, 5.41) is 10.8. The zero-order valence-electron chi connectivity index (χ0n) is 11.6. The lowest BCUT2D eigenvalue weighted by molar-refractivity contribution is -0.384. The molecular weight excluding hydrogens is 272 g/mol. The van der Waals surface area contributed by atoms with Crippen LogP contribution < -0.4 is 0 Å². The van der Waals surface area contributed by atoms with Crippen LogP contribution in [0, 0.1) is 10.1 Å². The van der Waals surface area contributed by atoms with Crippen LogP contribution in [0.15, 0.2) is 18.2 Å². The molecule has 110 valence electrons. The summed E-state index contributed by atoms with van der Waals surface area (Å²) in [7, 11) is 0. The zero-order valence-corrected chi connectivity index (χ0v) is 11.6. The highest BCUT2D eigenvalue weighted by Crippen LogP contribution is 2.31. The Morgan fingerprint density at radius 2 is 2.00 bits per heavy atom. The highest BCUT2D eigenvalue weighted by Gasteiger charge is 2.37. The Bertz CT molecular complexity index is 626. The van der Waals surface area contributed by atoms with Gasteiger partial charge in [0.2, 0.25) is 0 Å². The first-order valence-electron chi connectivity index (χ1n) is 7.19. The number of Topliss-reactive ketones (excluding diaryl/α,β-unsaturated/α-hetero) is 1. The van der Waals surface area contributed by atoms with Crippen molar-refractivity contribution in [1.82, 2.24) is 4.90 Å². The third kappa shape index (κ3) is 2.41. The van der Waals surface area contributed by atoms with Gasteiger partial charge in [-0.1, -0.05) is 12.8 Å². The molecule has 6 nitrogen and oxygen atoms in total. The van der Waals surface area contributed by atoms with E-state index in [2.05, 4.69) is 0 Å². The SMILES string of the molecule is O=C1CCCCC[C@@H]1N1Cc2cc([N+](=O)[O-])ccc2C1=O. The molecule has 21 heavy (non-hydrogen) atoms. The van der Waals surface area contributed by atoms with Gasteiger partial charge in [0.1, 0.15) is 0 Å². The Hall–Kier alpha value is -2.24. The standard InChI is InChI=1S/C15H16N2O4/c18-14-5-3-1-2-4-13(14)16-9-10-8-11(17(20)21)6-7-12(10)15(16)19/h6-8,13H,1-5,9H2/t13-/m0/s1. The number of nitro groups is 1. The number of hydrogen-bond donors (Lipinski definition) is 0. The van der Waals surface area contributed by atoms with Gasteiger partial charge >= 0.3 is 0 Å². The Kier molecular flexibility index (Phi) is 3.45. The number of nitrogens with zero attached hydrogens (tertiary/aromatic N) is 2. The third-order valence-corrected chi connectivity index (χ3v) is 4.28. The minimum Gasteiger partial charge on any atom is -0.324 e. The molecule has 0 aromatic heterocycles. The van der Waals surface area contributed by atoms with Crippen LogP contribution in [0.1, 0.15) is 48.0 Å². The molecule has 1 aliphatic heterocycles. The molecule has 1 amide bonds. The van der Waals surface area contributed by atoms with Crippen molar-refractivity contribution in [2.24, 2.45) is 0 Å². The van der Waals surface area contributed by atoms with Crippen LogP contribution in [0.3, 0.4) is 0 Å². The fourth-order valence-electron chi connectivity index (χ4n) is 3.17. The molecule has 1 aromatic carbocycles. The molecule has 1 heterocycles. The van der Waals surface area contributed by atoms with E-state index in [0.29, 0.717) is 30.5 Å². The van der Waals surface area contributed by atoms with Crippen LogP contribution in [-0.2, 0) is 11.3 Å². The molecule has 1 saturated carbocycles. The molecular formula is C15H16N2O4. The van der Waals surface area contributed by atoms with Crippen LogP contribution in [0.2, 0.25) is 0 Å². The van der Waals surface area contributed by atoms with Gasteiger partial charge in [-0.15, -0.1) is 0 Å². The van der Waals surface area contributed by atoms with Crippen LogP contribution >= 0.6 is 0 Å². The van der Waals surface area contributed by atoms with Crippen molar-refractivity contribution in [2.75, 3.05) is 0 Å². The summed E-state index contributed by atoms with van der Waals surface area (Å²) < 4.78 is 0. The molecule has 0 spiro atoms. The number of fused-ring (bicyclic) bond motifs is 1. The van der Waals surface area contributed by atoms with Crippen LogP contribution in [0.5, 0.6) is 0 Å². The van der Waals surface area contributed by atoms with Crippen LogP contribution in [-0.4, -0.2) is 27.6 Å². The van der Waals surface area contributed by atoms with Crippen molar-refractivity contribution in [3.8, 4) is 0 Å². The molecule has 1 aliphatic carbocycles. The normalized spacial score (nSPS) is 22.1. The largest absolute Gasteiger partial charge is 0.324 e. The quantitative estimate of drug-likeness (QED) is 0.475. The number of amides is 1. The van der Waals surface area contributed by atoms with Crippen molar-refractivity contribution < 1.29 is 14.5 Å².